The molecule has 0 aliphatic rings. The number of rotatable bonds is 12. The fourth-order valence-corrected chi connectivity index (χ4v) is 2.06. The summed E-state index contributed by atoms with van der Waals surface area (Å²) < 4.78 is 0. The fourth-order valence-electron chi connectivity index (χ4n) is 2.06. The van der Waals surface area contributed by atoms with Gasteiger partial charge in [0.05, 0.1) is 0 Å². The third-order valence-corrected chi connectivity index (χ3v) is 3.94. The first-order chi connectivity index (χ1) is 15.4. The first-order valence-electron chi connectivity index (χ1n) is 10.2. The summed E-state index contributed by atoms with van der Waals surface area (Å²) in [6, 6.07) is 6.98. The van der Waals surface area contributed by atoms with Gasteiger partial charge in [-0.15, -0.1) is 0 Å². The van der Waals surface area contributed by atoms with E-state index in [-0.39, 0.29) is 5.96 Å². The van der Waals surface area contributed by atoms with Gasteiger partial charge in [0.1, 0.15) is 18.1 Å². The molecule has 0 bridgehead atoms. The van der Waals surface area contributed by atoms with Gasteiger partial charge in [-0.05, 0) is 44.2 Å². The number of aliphatic imine (C=N–C) groups is 1. The summed E-state index contributed by atoms with van der Waals surface area (Å²) in [6.07, 6.45) is 2.48. The molecule has 0 fully saturated rings. The quantitative estimate of drug-likeness (QED) is 0.0929. The summed E-state index contributed by atoms with van der Waals surface area (Å²) in [6.45, 7) is 0.921. The second-order valence-electron chi connectivity index (χ2n) is 6.90. The molecule has 0 heterocycles. The molecule has 188 valence electrons. The van der Waals surface area contributed by atoms with Crippen molar-refractivity contribution in [1.82, 2.24) is 0 Å². The average Bonchev–Trinajstić information content (AvgIpc) is 2.76. The van der Waals surface area contributed by atoms with E-state index in [1.807, 2.05) is 30.3 Å². The van der Waals surface area contributed by atoms with E-state index in [9.17, 15) is 14.4 Å². The zero-order valence-electron chi connectivity index (χ0n) is 18.5. The molecule has 0 spiro atoms. The smallest absolute Gasteiger partial charge is 0.320 e. The number of carboxylic acid groups (broad SMARTS) is 3. The van der Waals surface area contributed by atoms with Crippen LogP contribution in [0.4, 0.5) is 0 Å². The summed E-state index contributed by atoms with van der Waals surface area (Å²) >= 11 is 0. The maximum absolute atomic E-state index is 10.4. The SMILES string of the molecule is NC(Cc1ccccc1)C(=O)O.NC(N)=NCCCC(N)C(=O)O.NCCCC(N)C(=O)O. The number of carbonyl (C=O) groups is 3. The molecule has 33 heavy (non-hydrogen) atoms. The molecule has 3 unspecified atom stereocenters. The van der Waals surface area contributed by atoms with E-state index in [1.54, 1.807) is 0 Å². The molecule has 13 nitrogen and oxygen atoms in total. The van der Waals surface area contributed by atoms with Gasteiger partial charge < -0.3 is 49.7 Å². The minimum atomic E-state index is -1.00. The third kappa shape index (κ3) is 20.4. The minimum Gasteiger partial charge on any atom is -0.480 e. The molecule has 1 rings (SSSR count). The number of hydrogen-bond donors (Lipinski definition) is 9. The number of nitrogens with two attached hydrogens (primary N) is 6. The highest BCUT2D eigenvalue weighted by molar-refractivity contribution is 5.75. The Hall–Kier alpha value is -3.26. The number of aliphatic carboxylic acids is 3. The Morgan fingerprint density at radius 2 is 1.24 bits per heavy atom. The largest absolute Gasteiger partial charge is 0.480 e. The minimum absolute atomic E-state index is 0.0129. The lowest BCUT2D eigenvalue weighted by atomic mass is 10.1. The number of carboxylic acids is 3. The van der Waals surface area contributed by atoms with Gasteiger partial charge in [0, 0.05) is 6.54 Å². The van der Waals surface area contributed by atoms with Gasteiger partial charge in [-0.1, -0.05) is 30.3 Å². The van der Waals surface area contributed by atoms with Gasteiger partial charge in [-0.25, -0.2) is 0 Å². The Bertz CT molecular complexity index is 714. The van der Waals surface area contributed by atoms with Crippen LogP contribution in [0.3, 0.4) is 0 Å². The molecule has 1 aromatic carbocycles. The maximum atomic E-state index is 10.4. The second-order valence-corrected chi connectivity index (χ2v) is 6.90. The van der Waals surface area contributed by atoms with E-state index >= 15 is 0 Å². The molecule has 0 aromatic heterocycles. The molecule has 0 saturated heterocycles. The third-order valence-electron chi connectivity index (χ3n) is 3.94. The highest BCUT2D eigenvalue weighted by atomic mass is 16.4. The zero-order chi connectivity index (χ0) is 25.8. The zero-order valence-corrected chi connectivity index (χ0v) is 18.5. The Kier molecular flexibility index (Phi) is 18.8. The number of hydrogen-bond acceptors (Lipinski definition) is 8. The fraction of sp³-hybridized carbons (Fsp3) is 0.500. The van der Waals surface area contributed by atoms with E-state index in [0.717, 1.165) is 5.56 Å². The lowest BCUT2D eigenvalue weighted by Crippen LogP contribution is -2.32. The van der Waals surface area contributed by atoms with Crippen LogP contribution in [0.1, 0.15) is 31.2 Å². The van der Waals surface area contributed by atoms with Crippen LogP contribution in [0.5, 0.6) is 0 Å². The van der Waals surface area contributed by atoms with Gasteiger partial charge >= 0.3 is 17.9 Å². The first kappa shape index (κ1) is 31.9. The van der Waals surface area contributed by atoms with Crippen molar-refractivity contribution in [1.29, 1.82) is 0 Å². The predicted octanol–water partition coefficient (Wildman–Crippen LogP) is -1.77. The molecule has 15 N–H and O–H groups in total. The van der Waals surface area contributed by atoms with E-state index in [4.69, 9.17) is 49.7 Å². The Labute approximate surface area is 192 Å². The lowest BCUT2D eigenvalue weighted by Gasteiger charge is -2.04. The standard InChI is InChI=1S/C9H11NO2.C6H14N4O2.C5H12N2O2/c10-8(9(11)12)6-7-4-2-1-3-5-7;7-4(5(11)12)2-1-3-10-6(8)9;6-3-1-2-4(7)5(8)9/h1-5,8H,6,10H2,(H,11,12);4H,1-3,7H2,(H,11,12)(H4,8,9,10);4H,1-3,6-7H2,(H,8,9). The molecule has 3 atom stereocenters. The summed E-state index contributed by atoms with van der Waals surface area (Å²) in [4.78, 5) is 34.3. The molecule has 0 aliphatic carbocycles. The van der Waals surface area contributed by atoms with Crippen LogP contribution in [0.2, 0.25) is 0 Å². The Morgan fingerprint density at radius 1 is 0.788 bits per heavy atom. The van der Waals surface area contributed by atoms with Crippen molar-refractivity contribution in [3.8, 4) is 0 Å². The highest BCUT2D eigenvalue weighted by Gasteiger charge is 2.11. The average molecular weight is 472 g/mol. The van der Waals surface area contributed by atoms with Gasteiger partial charge in [0.2, 0.25) is 0 Å². The van der Waals surface area contributed by atoms with Gasteiger partial charge in [-0.3, -0.25) is 19.4 Å². The van der Waals surface area contributed by atoms with Crippen molar-refractivity contribution >= 4 is 23.9 Å². The van der Waals surface area contributed by atoms with Crippen molar-refractivity contribution in [3.63, 3.8) is 0 Å². The predicted molar refractivity (Wildman–Crippen MR) is 125 cm³/mol. The second kappa shape index (κ2) is 19.4. The Balaban J connectivity index is 0. The van der Waals surface area contributed by atoms with Crippen molar-refractivity contribution in [2.75, 3.05) is 13.1 Å². The number of nitrogens with zero attached hydrogens (tertiary/aromatic N) is 1. The molecule has 0 radical (unpaired) electrons. The van der Waals surface area contributed by atoms with E-state index in [2.05, 4.69) is 4.99 Å². The monoisotopic (exact) mass is 471 g/mol. The van der Waals surface area contributed by atoms with Crippen molar-refractivity contribution in [2.45, 2.75) is 50.2 Å². The molecule has 0 aliphatic heterocycles. The highest BCUT2D eigenvalue weighted by Crippen LogP contribution is 2.01. The van der Waals surface area contributed by atoms with Crippen molar-refractivity contribution < 1.29 is 29.7 Å². The van der Waals surface area contributed by atoms with E-state index in [0.29, 0.717) is 45.2 Å². The summed E-state index contributed by atoms with van der Waals surface area (Å²) in [7, 11) is 0. The van der Waals surface area contributed by atoms with Crippen LogP contribution in [-0.2, 0) is 20.8 Å². The van der Waals surface area contributed by atoms with Gasteiger partial charge in [-0.2, -0.15) is 0 Å². The summed E-state index contributed by atoms with van der Waals surface area (Å²) in [5.41, 5.74) is 31.9. The van der Waals surface area contributed by atoms with Gasteiger partial charge in [0.15, 0.2) is 5.96 Å². The van der Waals surface area contributed by atoms with Crippen LogP contribution < -0.4 is 34.4 Å². The normalized spacial score (nSPS) is 12.5. The molecule has 0 amide bonds. The van der Waals surface area contributed by atoms with Crippen LogP contribution in [0.15, 0.2) is 35.3 Å². The Morgan fingerprint density at radius 3 is 1.64 bits per heavy atom. The molecule has 0 saturated carbocycles. The number of guanidine groups is 1. The summed E-state index contributed by atoms with van der Waals surface area (Å²) in [5, 5.41) is 25.1. The van der Waals surface area contributed by atoms with Crippen LogP contribution in [-0.4, -0.2) is 70.4 Å². The topological polar surface area (TPSA) is 280 Å². The lowest BCUT2D eigenvalue weighted by molar-refractivity contribution is -0.139. The molecular weight excluding hydrogens is 434 g/mol. The van der Waals surface area contributed by atoms with Gasteiger partial charge in [0.25, 0.3) is 0 Å². The molecular formula is C20H37N7O6. The molecule has 1 aromatic rings. The van der Waals surface area contributed by atoms with E-state index in [1.165, 1.54) is 0 Å². The van der Waals surface area contributed by atoms with Crippen LogP contribution in [0, 0.1) is 0 Å². The van der Waals surface area contributed by atoms with Crippen LogP contribution >= 0.6 is 0 Å². The van der Waals surface area contributed by atoms with E-state index < -0.39 is 36.0 Å². The maximum Gasteiger partial charge on any atom is 0.320 e. The van der Waals surface area contributed by atoms with Crippen LogP contribution in [0.25, 0.3) is 0 Å². The van der Waals surface area contributed by atoms with Crippen molar-refractivity contribution in [3.05, 3.63) is 35.9 Å². The number of benzene rings is 1. The summed E-state index contributed by atoms with van der Waals surface area (Å²) in [5.74, 6) is -2.90. The van der Waals surface area contributed by atoms with Crippen molar-refractivity contribution in [2.24, 2.45) is 39.4 Å². The molecule has 13 heteroatoms. The first-order valence-corrected chi connectivity index (χ1v) is 10.2.